The molecule has 0 unspecified atom stereocenters. The van der Waals surface area contributed by atoms with E-state index < -0.39 is 6.09 Å². The first-order valence-electron chi connectivity index (χ1n) is 11.8. The summed E-state index contributed by atoms with van der Waals surface area (Å²) in [5.41, 5.74) is 3.40. The SMILES string of the molecule is CC(=O)N1c2ccc(-c3cnc(N4CCCCC4)nc3)cc2[C@H](N(C(=O)O)C(C)C)C[C@@H]1C.Cl. The van der Waals surface area contributed by atoms with Crippen molar-refractivity contribution in [2.45, 2.75) is 71.5 Å². The van der Waals surface area contributed by atoms with Gasteiger partial charge in [-0.25, -0.2) is 14.8 Å². The Labute approximate surface area is 207 Å². The average molecular weight is 488 g/mol. The van der Waals surface area contributed by atoms with Gasteiger partial charge >= 0.3 is 6.09 Å². The highest BCUT2D eigenvalue weighted by Gasteiger charge is 2.38. The zero-order valence-corrected chi connectivity index (χ0v) is 21.1. The fourth-order valence-corrected chi connectivity index (χ4v) is 5.20. The predicted octanol–water partition coefficient (Wildman–Crippen LogP) is 5.13. The first-order chi connectivity index (χ1) is 15.8. The Morgan fingerprint density at radius 1 is 1.09 bits per heavy atom. The van der Waals surface area contributed by atoms with Crippen molar-refractivity contribution in [3.05, 3.63) is 36.2 Å². The second-order valence-electron chi connectivity index (χ2n) is 9.37. The molecule has 2 atom stereocenters. The molecular formula is C25H34ClN5O3. The van der Waals surface area contributed by atoms with E-state index in [9.17, 15) is 14.7 Å². The molecule has 34 heavy (non-hydrogen) atoms. The van der Waals surface area contributed by atoms with Crippen LogP contribution in [0.5, 0.6) is 0 Å². The molecule has 1 aromatic heterocycles. The van der Waals surface area contributed by atoms with Crippen molar-refractivity contribution in [1.82, 2.24) is 14.9 Å². The molecule has 0 bridgehead atoms. The Kier molecular flexibility index (Phi) is 8.02. The fraction of sp³-hybridized carbons (Fsp3) is 0.520. The number of amides is 2. The summed E-state index contributed by atoms with van der Waals surface area (Å²) >= 11 is 0. The van der Waals surface area contributed by atoms with Gasteiger partial charge in [-0.3, -0.25) is 9.69 Å². The highest BCUT2D eigenvalue weighted by atomic mass is 35.5. The number of nitrogens with zero attached hydrogens (tertiary/aromatic N) is 5. The van der Waals surface area contributed by atoms with Crippen LogP contribution in [0.1, 0.15) is 65.0 Å². The van der Waals surface area contributed by atoms with E-state index in [0.29, 0.717) is 6.42 Å². The summed E-state index contributed by atoms with van der Waals surface area (Å²) in [6.07, 6.45) is 6.84. The second kappa shape index (κ2) is 10.6. The minimum absolute atomic E-state index is 0. The van der Waals surface area contributed by atoms with E-state index in [-0.39, 0.29) is 36.4 Å². The quantitative estimate of drug-likeness (QED) is 0.642. The Morgan fingerprint density at radius 3 is 2.29 bits per heavy atom. The van der Waals surface area contributed by atoms with Crippen LogP contribution in [-0.2, 0) is 4.79 Å². The number of aromatic nitrogens is 2. The summed E-state index contributed by atoms with van der Waals surface area (Å²) in [7, 11) is 0. The molecule has 1 aromatic carbocycles. The first-order valence-corrected chi connectivity index (χ1v) is 11.8. The molecule has 1 fully saturated rings. The molecule has 2 aliphatic rings. The summed E-state index contributed by atoms with van der Waals surface area (Å²) in [6, 6.07) is 5.26. The van der Waals surface area contributed by atoms with Crippen LogP contribution in [0.2, 0.25) is 0 Å². The van der Waals surface area contributed by atoms with Gasteiger partial charge in [0.15, 0.2) is 0 Å². The third kappa shape index (κ3) is 4.97. The lowest BCUT2D eigenvalue weighted by molar-refractivity contribution is -0.117. The summed E-state index contributed by atoms with van der Waals surface area (Å²) in [5, 5.41) is 9.94. The van der Waals surface area contributed by atoms with Crippen molar-refractivity contribution < 1.29 is 14.7 Å². The number of hydrogen-bond donors (Lipinski definition) is 1. The largest absolute Gasteiger partial charge is 0.465 e. The van der Waals surface area contributed by atoms with Crippen LogP contribution < -0.4 is 9.80 Å². The Bertz CT molecular complexity index is 1020. The number of piperidine rings is 1. The predicted molar refractivity (Wildman–Crippen MR) is 136 cm³/mol. The zero-order valence-electron chi connectivity index (χ0n) is 20.3. The highest BCUT2D eigenvalue weighted by molar-refractivity contribution is 5.94. The molecule has 2 aliphatic heterocycles. The number of fused-ring (bicyclic) bond motifs is 1. The number of carboxylic acid groups (broad SMARTS) is 1. The van der Waals surface area contributed by atoms with Gasteiger partial charge in [0.1, 0.15) is 0 Å². The van der Waals surface area contributed by atoms with Crippen LogP contribution >= 0.6 is 12.4 Å². The zero-order chi connectivity index (χ0) is 23.7. The molecule has 2 amide bonds. The third-order valence-electron chi connectivity index (χ3n) is 6.71. The molecule has 9 heteroatoms. The van der Waals surface area contributed by atoms with Crippen LogP contribution in [0, 0.1) is 0 Å². The third-order valence-corrected chi connectivity index (χ3v) is 6.71. The smallest absolute Gasteiger partial charge is 0.408 e. The molecule has 0 aliphatic carbocycles. The van der Waals surface area contributed by atoms with Gasteiger partial charge in [-0.2, -0.15) is 0 Å². The molecule has 3 heterocycles. The van der Waals surface area contributed by atoms with E-state index in [2.05, 4.69) is 14.9 Å². The summed E-state index contributed by atoms with van der Waals surface area (Å²) in [4.78, 5) is 39.3. The fourth-order valence-electron chi connectivity index (χ4n) is 5.20. The van der Waals surface area contributed by atoms with Crippen molar-refractivity contribution in [2.24, 2.45) is 0 Å². The molecule has 0 spiro atoms. The number of carbonyl (C=O) groups is 2. The maximum absolute atomic E-state index is 12.4. The minimum Gasteiger partial charge on any atom is -0.465 e. The Morgan fingerprint density at radius 2 is 1.74 bits per heavy atom. The van der Waals surface area contributed by atoms with Gasteiger partial charge in [0.05, 0.1) is 6.04 Å². The number of carbonyl (C=O) groups excluding carboxylic acids is 1. The molecule has 8 nitrogen and oxygen atoms in total. The topological polar surface area (TPSA) is 89.9 Å². The molecule has 1 saturated heterocycles. The van der Waals surface area contributed by atoms with Gasteiger partial charge in [0.2, 0.25) is 11.9 Å². The van der Waals surface area contributed by atoms with Crippen molar-refractivity contribution in [2.75, 3.05) is 22.9 Å². The van der Waals surface area contributed by atoms with Gasteiger partial charge in [0, 0.05) is 55.7 Å². The molecular weight excluding hydrogens is 454 g/mol. The first kappa shape index (κ1) is 25.7. The average Bonchev–Trinajstić information content (AvgIpc) is 2.79. The van der Waals surface area contributed by atoms with Crippen LogP contribution in [0.15, 0.2) is 30.6 Å². The number of benzene rings is 1. The maximum atomic E-state index is 12.4. The Balaban J connectivity index is 0.00000324. The Hall–Kier alpha value is -2.87. The standard InChI is InChI=1S/C25H33N5O3.ClH/c1-16(2)29(25(32)33)23-12-17(3)30(18(4)31)22-9-8-19(13-21(22)23)20-14-26-24(27-15-20)28-10-6-5-7-11-28;/h8-9,13-17,23H,5-7,10-12H2,1-4H3,(H,32,33);1H/t17-,23+;/m0./s1. The molecule has 4 rings (SSSR count). The summed E-state index contributed by atoms with van der Waals surface area (Å²) in [5.74, 6) is 0.707. The number of halogens is 1. The van der Waals surface area contributed by atoms with E-state index in [1.54, 1.807) is 11.8 Å². The van der Waals surface area contributed by atoms with E-state index in [1.807, 2.05) is 51.4 Å². The normalized spacial score (nSPS) is 19.9. The monoisotopic (exact) mass is 487 g/mol. The van der Waals surface area contributed by atoms with Crippen molar-refractivity contribution in [1.29, 1.82) is 0 Å². The number of anilines is 2. The van der Waals surface area contributed by atoms with Gasteiger partial charge in [-0.1, -0.05) is 6.07 Å². The lowest BCUT2D eigenvalue weighted by Crippen LogP contribution is -2.48. The molecule has 0 radical (unpaired) electrons. The van der Waals surface area contributed by atoms with Crippen molar-refractivity contribution in [3.8, 4) is 11.1 Å². The summed E-state index contributed by atoms with van der Waals surface area (Å²) in [6.45, 7) is 9.26. The van der Waals surface area contributed by atoms with E-state index >= 15 is 0 Å². The lowest BCUT2D eigenvalue weighted by Gasteiger charge is -2.43. The maximum Gasteiger partial charge on any atom is 0.408 e. The molecule has 184 valence electrons. The van der Waals surface area contributed by atoms with E-state index in [0.717, 1.165) is 41.4 Å². The molecule has 0 saturated carbocycles. The van der Waals surface area contributed by atoms with Crippen LogP contribution in [0.3, 0.4) is 0 Å². The molecule has 2 aromatic rings. The number of hydrogen-bond acceptors (Lipinski definition) is 5. The van der Waals surface area contributed by atoms with E-state index in [4.69, 9.17) is 0 Å². The van der Waals surface area contributed by atoms with Gasteiger partial charge in [-0.15, -0.1) is 12.4 Å². The van der Waals surface area contributed by atoms with Crippen LogP contribution in [0.4, 0.5) is 16.4 Å². The summed E-state index contributed by atoms with van der Waals surface area (Å²) < 4.78 is 0. The van der Waals surface area contributed by atoms with E-state index in [1.165, 1.54) is 24.2 Å². The van der Waals surface area contributed by atoms with Gasteiger partial charge in [0.25, 0.3) is 0 Å². The minimum atomic E-state index is -0.955. The molecule has 1 N–H and O–H groups in total. The van der Waals surface area contributed by atoms with Gasteiger partial charge < -0.3 is 14.9 Å². The number of rotatable bonds is 4. The van der Waals surface area contributed by atoms with Crippen molar-refractivity contribution in [3.63, 3.8) is 0 Å². The second-order valence-corrected chi connectivity index (χ2v) is 9.37. The highest BCUT2D eigenvalue weighted by Crippen LogP contribution is 2.43. The van der Waals surface area contributed by atoms with Crippen LogP contribution in [0.25, 0.3) is 11.1 Å². The lowest BCUT2D eigenvalue weighted by atomic mass is 9.88. The van der Waals surface area contributed by atoms with Gasteiger partial charge in [-0.05, 0) is 69.7 Å². The van der Waals surface area contributed by atoms with Crippen molar-refractivity contribution >= 4 is 36.0 Å². The van der Waals surface area contributed by atoms with Crippen LogP contribution in [-0.4, -0.2) is 57.1 Å².